The van der Waals surface area contributed by atoms with Crippen molar-refractivity contribution in [3.63, 3.8) is 0 Å². The van der Waals surface area contributed by atoms with Crippen LogP contribution < -0.4 is 0 Å². The molecular weight excluding hydrogens is 214 g/mol. The Balaban J connectivity index is 1.37. The van der Waals surface area contributed by atoms with Crippen LogP contribution in [0.3, 0.4) is 0 Å². The lowest BCUT2D eigenvalue weighted by atomic mass is 10.2. The zero-order valence-corrected chi connectivity index (χ0v) is 9.26. The van der Waals surface area contributed by atoms with Gasteiger partial charge in [-0.05, 0) is 12.8 Å². The minimum Gasteiger partial charge on any atom is -0.386 e. The van der Waals surface area contributed by atoms with Gasteiger partial charge in [0.1, 0.15) is 0 Å². The predicted octanol–water partition coefficient (Wildman–Crippen LogP) is -0.137. The molecule has 2 heterocycles. The topological polar surface area (TPSA) is 55.4 Å². The van der Waals surface area contributed by atoms with E-state index in [-0.39, 0.29) is 0 Å². The van der Waals surface area contributed by atoms with E-state index in [0.717, 1.165) is 12.8 Å². The van der Waals surface area contributed by atoms with Gasteiger partial charge in [-0.25, -0.2) is 0 Å². The van der Waals surface area contributed by atoms with E-state index < -0.39 is 14.6 Å². The molecular formula is C8H16B2O6. The van der Waals surface area contributed by atoms with Gasteiger partial charge in [-0.15, -0.1) is 0 Å². The van der Waals surface area contributed by atoms with Crippen LogP contribution in [-0.4, -0.2) is 54.3 Å². The lowest BCUT2D eigenvalue weighted by Crippen LogP contribution is -2.21. The van der Waals surface area contributed by atoms with Gasteiger partial charge in [0.15, 0.2) is 0 Å². The maximum atomic E-state index is 5.31. The molecule has 0 radical (unpaired) electrons. The molecule has 90 valence electrons. The van der Waals surface area contributed by atoms with Gasteiger partial charge in [0.05, 0.1) is 26.4 Å². The van der Waals surface area contributed by atoms with E-state index in [1.54, 1.807) is 0 Å². The first-order valence-electron chi connectivity index (χ1n) is 5.65. The van der Waals surface area contributed by atoms with E-state index in [9.17, 15) is 0 Å². The molecule has 2 rings (SSSR count). The molecule has 0 aromatic heterocycles. The summed E-state index contributed by atoms with van der Waals surface area (Å²) in [6.45, 7) is 3.68. The van der Waals surface area contributed by atoms with Gasteiger partial charge in [-0.3, -0.25) is 0 Å². The summed E-state index contributed by atoms with van der Waals surface area (Å²) in [7, 11) is -0.940. The highest BCUT2D eigenvalue weighted by molar-refractivity contribution is 6.37. The summed E-state index contributed by atoms with van der Waals surface area (Å²) in [5, 5.41) is 0. The van der Waals surface area contributed by atoms with Crippen molar-refractivity contribution in [1.29, 1.82) is 0 Å². The first-order chi connectivity index (χ1) is 7.95. The molecule has 2 fully saturated rings. The summed E-state index contributed by atoms with van der Waals surface area (Å²) >= 11 is 0. The lowest BCUT2D eigenvalue weighted by molar-refractivity contribution is 0.154. The Kier molecular flexibility index (Phi) is 5.60. The molecule has 0 saturated carbocycles. The van der Waals surface area contributed by atoms with E-state index in [2.05, 4.69) is 0 Å². The van der Waals surface area contributed by atoms with Gasteiger partial charge in [-0.1, -0.05) is 0 Å². The molecule has 0 N–H and O–H groups in total. The van der Waals surface area contributed by atoms with Crippen LogP contribution in [0.5, 0.6) is 0 Å². The summed E-state index contributed by atoms with van der Waals surface area (Å²) < 4.78 is 31.1. The minimum absolute atomic E-state index is 0.470. The van der Waals surface area contributed by atoms with Gasteiger partial charge in [0, 0.05) is 13.2 Å². The van der Waals surface area contributed by atoms with E-state index in [1.807, 2.05) is 0 Å². The molecule has 16 heavy (non-hydrogen) atoms. The van der Waals surface area contributed by atoms with Crippen LogP contribution in [0.15, 0.2) is 0 Å². The molecule has 0 aromatic carbocycles. The zero-order valence-electron chi connectivity index (χ0n) is 9.26. The molecule has 0 aliphatic carbocycles. The Morgan fingerprint density at radius 2 is 1.06 bits per heavy atom. The monoisotopic (exact) mass is 230 g/mol. The molecule has 0 aromatic rings. The third kappa shape index (κ3) is 4.40. The fraction of sp³-hybridized carbons (Fsp3) is 1.00. The van der Waals surface area contributed by atoms with Gasteiger partial charge in [0.25, 0.3) is 0 Å². The summed E-state index contributed by atoms with van der Waals surface area (Å²) in [6, 6.07) is 0. The van der Waals surface area contributed by atoms with Crippen molar-refractivity contribution in [2.24, 2.45) is 0 Å². The molecule has 2 saturated heterocycles. The standard InChI is InChI=1S/C8H16B2O6/c1(3-11-9-13-5-6-14-9)2-4-12-10-15-7-8-16-10/h1-8H2. The SMILES string of the molecule is C(CCOB1OCCO1)COB1OCCO1. The molecule has 2 aliphatic heterocycles. The third-order valence-corrected chi connectivity index (χ3v) is 2.23. The highest BCUT2D eigenvalue weighted by Gasteiger charge is 2.27. The van der Waals surface area contributed by atoms with Crippen LogP contribution in [0.2, 0.25) is 0 Å². The summed E-state index contributed by atoms with van der Waals surface area (Å²) in [5.41, 5.74) is 0. The molecule has 0 unspecified atom stereocenters. The predicted molar refractivity (Wildman–Crippen MR) is 56.5 cm³/mol. The fourth-order valence-electron chi connectivity index (χ4n) is 1.43. The maximum absolute atomic E-state index is 5.31. The average Bonchev–Trinajstić information content (AvgIpc) is 2.96. The second-order valence-corrected chi connectivity index (χ2v) is 3.51. The van der Waals surface area contributed by atoms with E-state index in [1.165, 1.54) is 0 Å². The highest BCUT2D eigenvalue weighted by Crippen LogP contribution is 2.04. The van der Waals surface area contributed by atoms with Crippen molar-refractivity contribution >= 4 is 14.6 Å². The van der Waals surface area contributed by atoms with E-state index in [0.29, 0.717) is 39.6 Å². The molecule has 8 heteroatoms. The molecule has 0 atom stereocenters. The van der Waals surface area contributed by atoms with Crippen LogP contribution >= 0.6 is 0 Å². The van der Waals surface area contributed by atoms with Gasteiger partial charge < -0.3 is 27.9 Å². The van der Waals surface area contributed by atoms with Crippen molar-refractivity contribution in [2.45, 2.75) is 12.8 Å². The van der Waals surface area contributed by atoms with Crippen LogP contribution in [0.1, 0.15) is 12.8 Å². The summed E-state index contributed by atoms with van der Waals surface area (Å²) in [4.78, 5) is 0. The molecule has 6 nitrogen and oxygen atoms in total. The molecule has 0 bridgehead atoms. The van der Waals surface area contributed by atoms with Crippen LogP contribution in [-0.2, 0) is 27.9 Å². The Labute approximate surface area is 95.8 Å². The van der Waals surface area contributed by atoms with Gasteiger partial charge in [0.2, 0.25) is 0 Å². The van der Waals surface area contributed by atoms with Crippen molar-refractivity contribution in [3.05, 3.63) is 0 Å². The quantitative estimate of drug-likeness (QED) is 0.448. The number of hydrogen-bond donors (Lipinski definition) is 0. The lowest BCUT2D eigenvalue weighted by Gasteiger charge is -2.07. The molecule has 0 spiro atoms. The number of hydrogen-bond acceptors (Lipinski definition) is 6. The maximum Gasteiger partial charge on any atom is 0.639 e. The van der Waals surface area contributed by atoms with Gasteiger partial charge in [-0.2, -0.15) is 0 Å². The largest absolute Gasteiger partial charge is 0.639 e. The summed E-state index contributed by atoms with van der Waals surface area (Å²) in [6.07, 6.45) is 1.80. The minimum atomic E-state index is -0.470. The third-order valence-electron chi connectivity index (χ3n) is 2.23. The van der Waals surface area contributed by atoms with E-state index in [4.69, 9.17) is 27.9 Å². The molecule has 0 amide bonds. The number of unbranched alkanes of at least 4 members (excludes halogenated alkanes) is 1. The smallest absolute Gasteiger partial charge is 0.386 e. The first kappa shape index (κ1) is 12.3. The van der Waals surface area contributed by atoms with Gasteiger partial charge >= 0.3 is 14.6 Å². The number of rotatable bonds is 7. The average molecular weight is 230 g/mol. The van der Waals surface area contributed by atoms with Crippen molar-refractivity contribution < 1.29 is 27.9 Å². The second-order valence-electron chi connectivity index (χ2n) is 3.51. The Bertz CT molecular complexity index is 163. The second kappa shape index (κ2) is 7.26. The fourth-order valence-corrected chi connectivity index (χ4v) is 1.43. The van der Waals surface area contributed by atoms with E-state index >= 15 is 0 Å². The normalized spacial score (nSPS) is 21.0. The summed E-state index contributed by atoms with van der Waals surface area (Å²) in [5.74, 6) is 0. The van der Waals surface area contributed by atoms with Crippen molar-refractivity contribution in [3.8, 4) is 0 Å². The Hall–Kier alpha value is -0.110. The van der Waals surface area contributed by atoms with Crippen molar-refractivity contribution in [2.75, 3.05) is 39.6 Å². The first-order valence-corrected chi connectivity index (χ1v) is 5.65. The Morgan fingerprint density at radius 3 is 1.44 bits per heavy atom. The highest BCUT2D eigenvalue weighted by atomic mass is 16.8. The van der Waals surface area contributed by atoms with Crippen LogP contribution in [0, 0.1) is 0 Å². The molecule has 2 aliphatic rings. The van der Waals surface area contributed by atoms with Crippen molar-refractivity contribution in [1.82, 2.24) is 0 Å². The van der Waals surface area contributed by atoms with Crippen LogP contribution in [0.4, 0.5) is 0 Å². The Morgan fingerprint density at radius 1 is 0.688 bits per heavy atom. The van der Waals surface area contributed by atoms with Crippen LogP contribution in [0.25, 0.3) is 0 Å². The zero-order chi connectivity index (χ0) is 11.1.